The van der Waals surface area contributed by atoms with Crippen LogP contribution in [0.15, 0.2) is 27.6 Å². The van der Waals surface area contributed by atoms with E-state index in [4.69, 9.17) is 5.73 Å². The highest BCUT2D eigenvalue weighted by Crippen LogP contribution is 2.33. The molecule has 2 rings (SSSR count). The second-order valence-electron chi connectivity index (χ2n) is 4.58. The van der Waals surface area contributed by atoms with Gasteiger partial charge >= 0.3 is 0 Å². The molecule has 0 bridgehead atoms. The van der Waals surface area contributed by atoms with Crippen molar-refractivity contribution in [3.63, 3.8) is 0 Å². The Kier molecular flexibility index (Phi) is 3.99. The lowest BCUT2D eigenvalue weighted by Crippen LogP contribution is -2.33. The Bertz CT molecular complexity index is 541. The fourth-order valence-electron chi connectivity index (χ4n) is 1.86. The number of anilines is 1. The molecule has 6 heteroatoms. The Morgan fingerprint density at radius 2 is 2.11 bits per heavy atom. The van der Waals surface area contributed by atoms with Crippen LogP contribution in [0.5, 0.6) is 0 Å². The zero-order valence-electron chi connectivity index (χ0n) is 10.3. The van der Waals surface area contributed by atoms with E-state index in [9.17, 15) is 8.42 Å². The van der Waals surface area contributed by atoms with Crippen LogP contribution in [0.1, 0.15) is 19.8 Å². The van der Waals surface area contributed by atoms with Gasteiger partial charge in [-0.1, -0.05) is 22.9 Å². The molecule has 18 heavy (non-hydrogen) atoms. The molecule has 1 aliphatic rings. The second kappa shape index (κ2) is 5.19. The summed E-state index contributed by atoms with van der Waals surface area (Å²) in [7, 11) is -3.48. The SMILES string of the molecule is CCN(CC1CC1)S(=O)(=O)c1cc(Br)ccc1N. The van der Waals surface area contributed by atoms with Crippen LogP contribution in [0.25, 0.3) is 0 Å². The Morgan fingerprint density at radius 3 is 2.67 bits per heavy atom. The van der Waals surface area contributed by atoms with E-state index < -0.39 is 10.0 Å². The monoisotopic (exact) mass is 332 g/mol. The zero-order valence-corrected chi connectivity index (χ0v) is 12.7. The summed E-state index contributed by atoms with van der Waals surface area (Å²) < 4.78 is 27.3. The Hall–Kier alpha value is -0.590. The Morgan fingerprint density at radius 1 is 1.44 bits per heavy atom. The quantitative estimate of drug-likeness (QED) is 0.842. The maximum Gasteiger partial charge on any atom is 0.245 e. The van der Waals surface area contributed by atoms with Crippen molar-refractivity contribution < 1.29 is 8.42 Å². The van der Waals surface area contributed by atoms with Gasteiger partial charge < -0.3 is 5.73 Å². The predicted octanol–water partition coefficient (Wildman–Crippen LogP) is 2.45. The van der Waals surface area contributed by atoms with Crippen molar-refractivity contribution in [1.29, 1.82) is 0 Å². The first-order valence-electron chi connectivity index (χ1n) is 6.00. The van der Waals surface area contributed by atoms with Crippen molar-refractivity contribution in [2.75, 3.05) is 18.8 Å². The van der Waals surface area contributed by atoms with Crippen molar-refractivity contribution in [2.45, 2.75) is 24.7 Å². The number of hydrogen-bond acceptors (Lipinski definition) is 3. The smallest absolute Gasteiger partial charge is 0.245 e. The first-order chi connectivity index (χ1) is 8.45. The topological polar surface area (TPSA) is 63.4 Å². The maximum atomic E-state index is 12.5. The number of halogens is 1. The van der Waals surface area contributed by atoms with Gasteiger partial charge in [0.1, 0.15) is 4.90 Å². The van der Waals surface area contributed by atoms with E-state index >= 15 is 0 Å². The van der Waals surface area contributed by atoms with Crippen molar-refractivity contribution in [3.8, 4) is 0 Å². The van der Waals surface area contributed by atoms with Gasteiger partial charge in [0.25, 0.3) is 0 Å². The first-order valence-corrected chi connectivity index (χ1v) is 8.23. The minimum Gasteiger partial charge on any atom is -0.398 e. The minimum absolute atomic E-state index is 0.194. The number of nitrogens with zero attached hydrogens (tertiary/aromatic N) is 1. The molecular formula is C12H17BrN2O2S. The molecule has 0 aromatic heterocycles. The van der Waals surface area contributed by atoms with Gasteiger partial charge in [-0.15, -0.1) is 0 Å². The standard InChI is InChI=1S/C12H17BrN2O2S/c1-2-15(8-9-3-4-9)18(16,17)12-7-10(13)5-6-11(12)14/h5-7,9H,2-4,8,14H2,1H3. The molecule has 4 nitrogen and oxygen atoms in total. The highest BCUT2D eigenvalue weighted by molar-refractivity contribution is 9.10. The number of nitrogens with two attached hydrogens (primary N) is 1. The van der Waals surface area contributed by atoms with Crippen LogP contribution in [-0.2, 0) is 10.0 Å². The molecule has 0 amide bonds. The number of sulfonamides is 1. The van der Waals surface area contributed by atoms with Crippen LogP contribution >= 0.6 is 15.9 Å². The summed E-state index contributed by atoms with van der Waals surface area (Å²) in [4.78, 5) is 0.194. The molecule has 1 aromatic rings. The van der Waals surface area contributed by atoms with Crippen molar-refractivity contribution in [2.24, 2.45) is 5.92 Å². The van der Waals surface area contributed by atoms with E-state index in [1.165, 1.54) is 4.31 Å². The molecule has 0 heterocycles. The van der Waals surface area contributed by atoms with Crippen LogP contribution in [0, 0.1) is 5.92 Å². The maximum absolute atomic E-state index is 12.5. The summed E-state index contributed by atoms with van der Waals surface area (Å²) in [6.07, 6.45) is 2.25. The summed E-state index contributed by atoms with van der Waals surface area (Å²) in [5, 5.41) is 0. The van der Waals surface area contributed by atoms with E-state index in [0.717, 1.165) is 17.3 Å². The summed E-state index contributed by atoms with van der Waals surface area (Å²) in [5.41, 5.74) is 6.09. The molecule has 100 valence electrons. The van der Waals surface area contributed by atoms with Gasteiger partial charge in [-0.3, -0.25) is 0 Å². The van der Waals surface area contributed by atoms with E-state index in [-0.39, 0.29) is 4.90 Å². The molecule has 0 saturated heterocycles. The first kappa shape index (κ1) is 13.8. The van der Waals surface area contributed by atoms with Gasteiger partial charge in [-0.05, 0) is 37.0 Å². The molecule has 0 spiro atoms. The Balaban J connectivity index is 2.35. The summed E-state index contributed by atoms with van der Waals surface area (Å²) >= 11 is 3.28. The average Bonchev–Trinajstić information content (AvgIpc) is 3.12. The molecular weight excluding hydrogens is 316 g/mol. The third kappa shape index (κ3) is 2.87. The van der Waals surface area contributed by atoms with E-state index in [2.05, 4.69) is 15.9 Å². The van der Waals surface area contributed by atoms with Crippen LogP contribution in [0.2, 0.25) is 0 Å². The van der Waals surface area contributed by atoms with Crippen LogP contribution in [-0.4, -0.2) is 25.8 Å². The minimum atomic E-state index is -3.48. The lowest BCUT2D eigenvalue weighted by atomic mass is 10.3. The molecule has 0 radical (unpaired) electrons. The lowest BCUT2D eigenvalue weighted by Gasteiger charge is -2.21. The second-order valence-corrected chi connectivity index (χ2v) is 7.40. The van der Waals surface area contributed by atoms with E-state index in [1.54, 1.807) is 18.2 Å². The van der Waals surface area contributed by atoms with Crippen LogP contribution in [0.4, 0.5) is 5.69 Å². The lowest BCUT2D eigenvalue weighted by molar-refractivity contribution is 0.412. The molecule has 1 saturated carbocycles. The van der Waals surface area contributed by atoms with Gasteiger partial charge in [0.05, 0.1) is 5.69 Å². The largest absolute Gasteiger partial charge is 0.398 e. The highest BCUT2D eigenvalue weighted by Gasteiger charge is 2.31. The molecule has 0 aliphatic heterocycles. The van der Waals surface area contributed by atoms with Crippen molar-refractivity contribution in [3.05, 3.63) is 22.7 Å². The number of benzene rings is 1. The molecule has 0 unspecified atom stereocenters. The van der Waals surface area contributed by atoms with Crippen molar-refractivity contribution in [1.82, 2.24) is 4.31 Å². The fraction of sp³-hybridized carbons (Fsp3) is 0.500. The highest BCUT2D eigenvalue weighted by atomic mass is 79.9. The Labute approximate surface area is 116 Å². The normalized spacial score (nSPS) is 16.2. The van der Waals surface area contributed by atoms with E-state index in [1.807, 2.05) is 6.92 Å². The van der Waals surface area contributed by atoms with Gasteiger partial charge in [-0.2, -0.15) is 4.31 Å². The molecule has 1 aliphatic carbocycles. The summed E-state index contributed by atoms with van der Waals surface area (Å²) in [5.74, 6) is 0.521. The number of nitrogen functional groups attached to an aromatic ring is 1. The van der Waals surface area contributed by atoms with Gasteiger partial charge in [0.15, 0.2) is 0 Å². The molecule has 0 atom stereocenters. The molecule has 2 N–H and O–H groups in total. The van der Waals surface area contributed by atoms with Gasteiger partial charge in [0.2, 0.25) is 10.0 Å². The van der Waals surface area contributed by atoms with Gasteiger partial charge in [0, 0.05) is 17.6 Å². The van der Waals surface area contributed by atoms with Gasteiger partial charge in [-0.25, -0.2) is 8.42 Å². The third-order valence-electron chi connectivity index (χ3n) is 3.10. The fourth-order valence-corrected chi connectivity index (χ4v) is 4.04. The zero-order chi connectivity index (χ0) is 13.3. The third-order valence-corrected chi connectivity index (χ3v) is 5.59. The number of rotatable bonds is 5. The van der Waals surface area contributed by atoms with Crippen LogP contribution in [0.3, 0.4) is 0 Å². The molecule has 1 fully saturated rings. The van der Waals surface area contributed by atoms with E-state index in [0.29, 0.717) is 24.7 Å². The predicted molar refractivity (Wildman–Crippen MR) is 75.7 cm³/mol. The molecule has 1 aromatic carbocycles. The number of hydrogen-bond donors (Lipinski definition) is 1. The summed E-state index contributed by atoms with van der Waals surface area (Å²) in [6.45, 7) is 2.93. The van der Waals surface area contributed by atoms with Crippen LogP contribution < -0.4 is 5.73 Å². The van der Waals surface area contributed by atoms with Crippen molar-refractivity contribution >= 4 is 31.6 Å². The average molecular weight is 333 g/mol. The summed E-state index contributed by atoms with van der Waals surface area (Å²) in [6, 6.07) is 4.92.